The Morgan fingerprint density at radius 3 is 2.66 bits per heavy atom. The first-order chi connectivity index (χ1) is 15.7. The molecule has 1 aromatic heterocycles. The topological polar surface area (TPSA) is 57.7 Å². The maximum Gasteiger partial charge on any atom is 0.224 e. The van der Waals surface area contributed by atoms with Crippen molar-refractivity contribution >= 4 is 33.3 Å². The number of nitrogens with one attached hydrogen (secondary N) is 1. The normalized spacial score (nSPS) is 21.0. The van der Waals surface area contributed by atoms with Crippen molar-refractivity contribution < 1.29 is 9.53 Å². The average molecular weight is 451 g/mol. The lowest BCUT2D eigenvalue weighted by molar-refractivity contribution is -0.120. The number of carbonyl (C=O) groups excluding carboxylic acids is 1. The number of aromatic nitrogens is 1. The molecule has 3 aromatic rings. The van der Waals surface area contributed by atoms with Crippen LogP contribution in [0.4, 0.5) is 5.82 Å². The molecule has 0 radical (unpaired) electrons. The van der Waals surface area contributed by atoms with Gasteiger partial charge in [0.2, 0.25) is 5.91 Å². The lowest BCUT2D eigenvalue weighted by Gasteiger charge is -2.35. The Kier molecular flexibility index (Phi) is 6.28. The first-order valence-electron chi connectivity index (χ1n) is 11.4. The van der Waals surface area contributed by atoms with Crippen LogP contribution in [-0.4, -0.2) is 61.6 Å². The van der Waals surface area contributed by atoms with Crippen molar-refractivity contribution in [1.82, 2.24) is 14.6 Å². The van der Waals surface area contributed by atoms with Gasteiger partial charge in [0.05, 0.1) is 18.2 Å². The van der Waals surface area contributed by atoms with Gasteiger partial charge in [-0.15, -0.1) is 0 Å². The Hall–Kier alpha value is -2.64. The van der Waals surface area contributed by atoms with Crippen molar-refractivity contribution in [2.24, 2.45) is 11.8 Å². The van der Waals surface area contributed by atoms with Gasteiger partial charge in [0.1, 0.15) is 11.6 Å². The van der Waals surface area contributed by atoms with E-state index in [9.17, 15) is 4.79 Å². The fraction of sp³-hybridized carbons (Fsp3) is 0.440. The molecule has 1 saturated carbocycles. The van der Waals surface area contributed by atoms with Crippen molar-refractivity contribution in [1.29, 1.82) is 0 Å². The Morgan fingerprint density at radius 2 is 1.88 bits per heavy atom. The summed E-state index contributed by atoms with van der Waals surface area (Å²) in [5.41, 5.74) is 1.02. The SMILES string of the molecule is COc1ccc(CC(=O)NCC2CC2CN2CCN(c3nsc4ccccc34)CC2)cc1. The molecule has 1 N–H and O–H groups in total. The monoisotopic (exact) mass is 450 g/mol. The molecule has 0 spiro atoms. The van der Waals surface area contributed by atoms with Crippen LogP contribution < -0.4 is 15.0 Å². The van der Waals surface area contributed by atoms with Gasteiger partial charge in [0.25, 0.3) is 0 Å². The number of amides is 1. The van der Waals surface area contributed by atoms with Crippen molar-refractivity contribution in [3.63, 3.8) is 0 Å². The molecule has 1 saturated heterocycles. The van der Waals surface area contributed by atoms with Gasteiger partial charge < -0.3 is 15.0 Å². The lowest BCUT2D eigenvalue weighted by atomic mass is 10.1. The minimum atomic E-state index is 0.102. The summed E-state index contributed by atoms with van der Waals surface area (Å²) < 4.78 is 11.1. The molecule has 32 heavy (non-hydrogen) atoms. The van der Waals surface area contributed by atoms with Gasteiger partial charge in [-0.25, -0.2) is 0 Å². The quantitative estimate of drug-likeness (QED) is 0.570. The van der Waals surface area contributed by atoms with Crippen LogP contribution in [0.1, 0.15) is 12.0 Å². The van der Waals surface area contributed by atoms with Crippen molar-refractivity contribution in [3.8, 4) is 5.75 Å². The van der Waals surface area contributed by atoms with Gasteiger partial charge >= 0.3 is 0 Å². The molecule has 2 fully saturated rings. The Bertz CT molecular complexity index is 1060. The number of nitrogens with zero attached hydrogens (tertiary/aromatic N) is 3. The molecule has 2 atom stereocenters. The zero-order chi connectivity index (χ0) is 21.9. The molecule has 7 heteroatoms. The Labute approximate surface area is 193 Å². The largest absolute Gasteiger partial charge is 0.497 e. The van der Waals surface area contributed by atoms with Crippen LogP contribution in [0.3, 0.4) is 0 Å². The lowest BCUT2D eigenvalue weighted by Crippen LogP contribution is -2.47. The van der Waals surface area contributed by atoms with Crippen LogP contribution in [-0.2, 0) is 11.2 Å². The van der Waals surface area contributed by atoms with Crippen molar-refractivity contribution in [2.75, 3.05) is 51.3 Å². The van der Waals surface area contributed by atoms with Gasteiger partial charge in [0, 0.05) is 44.7 Å². The molecule has 5 rings (SSSR count). The summed E-state index contributed by atoms with van der Waals surface area (Å²) in [6, 6.07) is 16.2. The summed E-state index contributed by atoms with van der Waals surface area (Å²) in [7, 11) is 1.65. The summed E-state index contributed by atoms with van der Waals surface area (Å²) in [4.78, 5) is 17.3. The second kappa shape index (κ2) is 9.46. The van der Waals surface area contributed by atoms with Gasteiger partial charge in [-0.05, 0) is 59.6 Å². The van der Waals surface area contributed by atoms with E-state index in [1.165, 1.54) is 16.5 Å². The smallest absolute Gasteiger partial charge is 0.224 e. The fourth-order valence-corrected chi connectivity index (χ4v) is 5.39. The van der Waals surface area contributed by atoms with Crippen LogP contribution in [0, 0.1) is 11.8 Å². The molecule has 2 heterocycles. The molecular formula is C25H30N4O2S. The van der Waals surface area contributed by atoms with Crippen LogP contribution in [0.5, 0.6) is 5.75 Å². The molecule has 1 aliphatic carbocycles. The van der Waals surface area contributed by atoms with Gasteiger partial charge in [0.15, 0.2) is 0 Å². The molecule has 1 aliphatic heterocycles. The number of fused-ring (bicyclic) bond motifs is 1. The van der Waals surface area contributed by atoms with E-state index in [-0.39, 0.29) is 5.91 Å². The summed E-state index contributed by atoms with van der Waals surface area (Å²) in [5.74, 6) is 3.40. The second-order valence-corrected chi connectivity index (χ2v) is 9.68. The van der Waals surface area contributed by atoms with E-state index in [2.05, 4.69) is 39.4 Å². The number of rotatable bonds is 8. The number of methoxy groups -OCH3 is 1. The number of anilines is 1. The fourth-order valence-electron chi connectivity index (χ4n) is 4.59. The first-order valence-corrected chi connectivity index (χ1v) is 12.2. The highest BCUT2D eigenvalue weighted by atomic mass is 32.1. The third-order valence-electron chi connectivity index (χ3n) is 6.68. The number of ether oxygens (including phenoxy) is 1. The van der Waals surface area contributed by atoms with E-state index < -0.39 is 0 Å². The van der Waals surface area contributed by atoms with Gasteiger partial charge in [-0.1, -0.05) is 24.3 Å². The van der Waals surface area contributed by atoms with Crippen LogP contribution in [0.2, 0.25) is 0 Å². The van der Waals surface area contributed by atoms with E-state index >= 15 is 0 Å². The maximum absolute atomic E-state index is 12.3. The zero-order valence-corrected chi connectivity index (χ0v) is 19.3. The second-order valence-electron chi connectivity index (χ2n) is 8.87. The highest BCUT2D eigenvalue weighted by Crippen LogP contribution is 2.39. The van der Waals surface area contributed by atoms with E-state index in [4.69, 9.17) is 9.11 Å². The van der Waals surface area contributed by atoms with Crippen molar-refractivity contribution in [2.45, 2.75) is 12.8 Å². The van der Waals surface area contributed by atoms with E-state index in [0.29, 0.717) is 18.3 Å². The van der Waals surface area contributed by atoms with Crippen LogP contribution in [0.15, 0.2) is 48.5 Å². The summed E-state index contributed by atoms with van der Waals surface area (Å²) in [6.45, 7) is 6.17. The summed E-state index contributed by atoms with van der Waals surface area (Å²) >= 11 is 1.59. The molecule has 2 aliphatic rings. The molecule has 168 valence electrons. The van der Waals surface area contributed by atoms with E-state index in [0.717, 1.165) is 56.4 Å². The number of carbonyl (C=O) groups is 1. The average Bonchev–Trinajstić information content (AvgIpc) is 3.42. The van der Waals surface area contributed by atoms with Crippen LogP contribution >= 0.6 is 11.5 Å². The number of piperazine rings is 1. The highest BCUT2D eigenvalue weighted by Gasteiger charge is 2.38. The predicted octanol–water partition coefficient (Wildman–Crippen LogP) is 3.42. The minimum Gasteiger partial charge on any atom is -0.497 e. The van der Waals surface area contributed by atoms with E-state index in [1.807, 2.05) is 24.3 Å². The van der Waals surface area contributed by atoms with Gasteiger partial charge in [-0.3, -0.25) is 9.69 Å². The molecule has 1 amide bonds. The zero-order valence-electron chi connectivity index (χ0n) is 18.5. The molecule has 0 bridgehead atoms. The minimum absolute atomic E-state index is 0.102. The molecular weight excluding hydrogens is 420 g/mol. The number of hydrogen-bond acceptors (Lipinski definition) is 6. The van der Waals surface area contributed by atoms with Crippen LogP contribution in [0.25, 0.3) is 10.1 Å². The molecule has 6 nitrogen and oxygen atoms in total. The third-order valence-corrected chi connectivity index (χ3v) is 7.49. The summed E-state index contributed by atoms with van der Waals surface area (Å²) in [6.07, 6.45) is 1.65. The predicted molar refractivity (Wildman–Crippen MR) is 130 cm³/mol. The first kappa shape index (κ1) is 21.2. The number of benzene rings is 2. The Balaban J connectivity index is 1.02. The summed E-state index contributed by atoms with van der Waals surface area (Å²) in [5, 5.41) is 4.40. The Morgan fingerprint density at radius 1 is 1.09 bits per heavy atom. The molecule has 2 aromatic carbocycles. The van der Waals surface area contributed by atoms with E-state index in [1.54, 1.807) is 18.6 Å². The van der Waals surface area contributed by atoms with Gasteiger partial charge in [-0.2, -0.15) is 4.37 Å². The standard InChI is InChI=1S/C25H30N4O2S/c1-31-21-8-6-18(7-9-21)14-24(30)26-16-19-15-20(19)17-28-10-12-29(13-11-28)25-22-4-2-3-5-23(22)32-27-25/h2-9,19-20H,10-17H2,1H3,(H,26,30). The molecule has 2 unspecified atom stereocenters. The maximum atomic E-state index is 12.3. The third kappa shape index (κ3) is 4.89. The van der Waals surface area contributed by atoms with Crippen molar-refractivity contribution in [3.05, 3.63) is 54.1 Å². The number of hydrogen-bond donors (Lipinski definition) is 1. The highest BCUT2D eigenvalue weighted by molar-refractivity contribution is 7.13.